The summed E-state index contributed by atoms with van der Waals surface area (Å²) in [7, 11) is -4.22. The van der Waals surface area contributed by atoms with Crippen LogP contribution in [0.4, 0.5) is 20.3 Å². The quantitative estimate of drug-likeness (QED) is 0.167. The first-order chi connectivity index (χ1) is 20.8. The molecule has 5 rings (SSSR count). The minimum absolute atomic E-state index is 0.000585. The number of anilines is 2. The minimum atomic E-state index is -4.22. The number of nitrogens with one attached hydrogen (secondary N) is 3. The highest BCUT2D eigenvalue weighted by Crippen LogP contribution is 2.29. The molecule has 0 aliphatic rings. The number of hydrogen-bond donors (Lipinski definition) is 4. The molecule has 2 aromatic carbocycles. The Hall–Kier alpha value is -5.31. The van der Waals surface area contributed by atoms with Crippen LogP contribution >= 0.6 is 0 Å². The Kier molecular flexibility index (Phi) is 8.06. The van der Waals surface area contributed by atoms with E-state index >= 15 is 0 Å². The lowest BCUT2D eigenvalue weighted by molar-refractivity contribution is -0.119. The van der Waals surface area contributed by atoms with E-state index < -0.39 is 44.8 Å². The Labute approximate surface area is 250 Å². The third kappa shape index (κ3) is 6.36. The van der Waals surface area contributed by atoms with Gasteiger partial charge in [-0.15, -0.1) is 0 Å². The molecule has 3 aromatic heterocycles. The van der Waals surface area contributed by atoms with Crippen molar-refractivity contribution in [1.29, 1.82) is 0 Å². The number of aryl methyl sites for hydroxylation is 1. The molecule has 44 heavy (non-hydrogen) atoms. The first-order valence-corrected chi connectivity index (χ1v) is 14.9. The van der Waals surface area contributed by atoms with E-state index in [4.69, 9.17) is 10.5 Å². The number of aromatic nitrogens is 4. The normalized spacial score (nSPS) is 11.6. The molecule has 15 heteroatoms. The Bertz CT molecular complexity index is 2020. The molecule has 0 atom stereocenters. The largest absolute Gasteiger partial charge is 0.436 e. The van der Waals surface area contributed by atoms with E-state index in [0.29, 0.717) is 16.6 Å². The summed E-state index contributed by atoms with van der Waals surface area (Å²) < 4.78 is 62.5. The van der Waals surface area contributed by atoms with Gasteiger partial charge in [0.25, 0.3) is 0 Å². The van der Waals surface area contributed by atoms with Crippen molar-refractivity contribution in [2.75, 3.05) is 16.2 Å². The van der Waals surface area contributed by atoms with Crippen LogP contribution in [0.2, 0.25) is 0 Å². The maximum absolute atomic E-state index is 14.8. The minimum Gasteiger partial charge on any atom is -0.436 e. The average Bonchev–Trinajstić information content (AvgIpc) is 3.52. The van der Waals surface area contributed by atoms with Gasteiger partial charge in [-0.25, -0.2) is 26.9 Å². The van der Waals surface area contributed by atoms with Crippen LogP contribution in [-0.2, 0) is 14.8 Å². The van der Waals surface area contributed by atoms with Crippen molar-refractivity contribution in [3.05, 3.63) is 89.4 Å². The molecule has 0 aliphatic heterocycles. The molecule has 0 fully saturated rings. The van der Waals surface area contributed by atoms with Gasteiger partial charge in [0.05, 0.1) is 35.0 Å². The van der Waals surface area contributed by atoms with Gasteiger partial charge in [0.1, 0.15) is 17.4 Å². The van der Waals surface area contributed by atoms with Crippen molar-refractivity contribution < 1.29 is 31.5 Å². The number of pyridine rings is 1. The molecule has 0 saturated heterocycles. The number of rotatable bonds is 10. The van der Waals surface area contributed by atoms with Gasteiger partial charge in [0.2, 0.25) is 27.6 Å². The zero-order valence-electron chi connectivity index (χ0n) is 23.7. The number of para-hydroxylation sites is 1. The van der Waals surface area contributed by atoms with E-state index in [0.717, 1.165) is 6.07 Å². The van der Waals surface area contributed by atoms with E-state index in [2.05, 4.69) is 25.1 Å². The molecule has 0 spiro atoms. The molecular formula is C29H27F2N7O5S. The summed E-state index contributed by atoms with van der Waals surface area (Å²) in [5.74, 6) is -3.47. The highest BCUT2D eigenvalue weighted by Gasteiger charge is 2.23. The fraction of sp³-hybridized carbons (Fsp3) is 0.172. The lowest BCUT2D eigenvalue weighted by Crippen LogP contribution is -2.36. The smallest absolute Gasteiger partial charge is 0.241 e. The zero-order chi connectivity index (χ0) is 31.8. The van der Waals surface area contributed by atoms with Crippen LogP contribution in [0.5, 0.6) is 11.6 Å². The SMILES string of the molecule is Cc1cc(Oc2ccccc2F)ncc1-n1ncc(C(=O)c2cc3cc(F)c(NS(=O)(=O)CC(=O)NC(C)C)cc3[nH]2)c1N. The van der Waals surface area contributed by atoms with Gasteiger partial charge in [-0.3, -0.25) is 14.3 Å². The zero-order valence-corrected chi connectivity index (χ0v) is 24.5. The predicted molar refractivity (Wildman–Crippen MR) is 159 cm³/mol. The molecule has 1 amide bonds. The van der Waals surface area contributed by atoms with Crippen LogP contribution in [0.1, 0.15) is 35.5 Å². The van der Waals surface area contributed by atoms with Gasteiger partial charge in [-0.05, 0) is 56.7 Å². The predicted octanol–water partition coefficient (Wildman–Crippen LogP) is 4.21. The molecule has 0 radical (unpaired) electrons. The molecule has 0 saturated carbocycles. The number of carbonyl (C=O) groups excluding carboxylic acids is 2. The van der Waals surface area contributed by atoms with Gasteiger partial charge in [0, 0.05) is 23.0 Å². The number of nitrogens with zero attached hydrogens (tertiary/aromatic N) is 3. The number of benzene rings is 2. The molecule has 0 bridgehead atoms. The first-order valence-electron chi connectivity index (χ1n) is 13.2. The van der Waals surface area contributed by atoms with E-state index in [1.54, 1.807) is 32.9 Å². The highest BCUT2D eigenvalue weighted by molar-refractivity contribution is 7.93. The lowest BCUT2D eigenvalue weighted by atomic mass is 10.1. The summed E-state index contributed by atoms with van der Waals surface area (Å²) >= 11 is 0. The summed E-state index contributed by atoms with van der Waals surface area (Å²) in [6.07, 6.45) is 2.69. The van der Waals surface area contributed by atoms with E-state index in [-0.39, 0.29) is 40.3 Å². The number of carbonyl (C=O) groups is 2. The first kappa shape index (κ1) is 30.2. The Morgan fingerprint density at radius 1 is 1.09 bits per heavy atom. The topological polar surface area (TPSA) is 174 Å². The lowest BCUT2D eigenvalue weighted by Gasteiger charge is -2.11. The summed E-state index contributed by atoms with van der Waals surface area (Å²) in [4.78, 5) is 32.3. The number of halogens is 2. The molecule has 0 aliphatic carbocycles. The van der Waals surface area contributed by atoms with Crippen LogP contribution in [0.25, 0.3) is 16.6 Å². The second-order valence-corrected chi connectivity index (χ2v) is 11.9. The summed E-state index contributed by atoms with van der Waals surface area (Å²) in [6.45, 7) is 5.09. The van der Waals surface area contributed by atoms with Gasteiger partial charge >= 0.3 is 0 Å². The summed E-state index contributed by atoms with van der Waals surface area (Å²) in [6, 6.07) is 10.8. The van der Waals surface area contributed by atoms with Crippen LogP contribution in [0.3, 0.4) is 0 Å². The molecular weight excluding hydrogens is 596 g/mol. The number of nitrogen functional groups attached to an aromatic ring is 1. The van der Waals surface area contributed by atoms with Gasteiger partial charge < -0.3 is 20.8 Å². The third-order valence-corrected chi connectivity index (χ3v) is 7.55. The highest BCUT2D eigenvalue weighted by atomic mass is 32.2. The number of ether oxygens (including phenoxy) is 1. The van der Waals surface area contributed by atoms with Gasteiger partial charge in [-0.1, -0.05) is 12.1 Å². The Morgan fingerprint density at radius 2 is 1.84 bits per heavy atom. The third-order valence-electron chi connectivity index (χ3n) is 6.38. The van der Waals surface area contributed by atoms with Crippen molar-refractivity contribution >= 4 is 44.1 Å². The number of sulfonamides is 1. The van der Waals surface area contributed by atoms with Crippen LogP contribution in [0, 0.1) is 18.6 Å². The van der Waals surface area contributed by atoms with E-state index in [1.807, 2.05) is 0 Å². The average molecular weight is 624 g/mol. The van der Waals surface area contributed by atoms with Gasteiger partial charge in [0.15, 0.2) is 11.6 Å². The van der Waals surface area contributed by atoms with E-state index in [1.165, 1.54) is 47.4 Å². The number of nitrogens with two attached hydrogens (primary N) is 1. The maximum atomic E-state index is 14.8. The van der Waals surface area contributed by atoms with Crippen molar-refractivity contribution in [3.8, 4) is 17.3 Å². The number of fused-ring (bicyclic) bond motifs is 1. The summed E-state index contributed by atoms with van der Waals surface area (Å²) in [5, 5.41) is 6.98. The molecule has 0 unspecified atom stereocenters. The molecule has 5 N–H and O–H groups in total. The molecule has 12 nitrogen and oxygen atoms in total. The number of H-pyrrole nitrogens is 1. The van der Waals surface area contributed by atoms with Crippen molar-refractivity contribution in [3.63, 3.8) is 0 Å². The molecule has 3 heterocycles. The molecule has 5 aromatic rings. The van der Waals surface area contributed by atoms with E-state index in [9.17, 15) is 26.8 Å². The van der Waals surface area contributed by atoms with Crippen molar-refractivity contribution in [1.82, 2.24) is 25.1 Å². The number of hydrogen-bond acceptors (Lipinski definition) is 8. The number of aromatic amines is 1. The second kappa shape index (κ2) is 11.8. The maximum Gasteiger partial charge on any atom is 0.241 e. The standard InChI is InChI=1S/C29H27F2N7O5S/c1-15(2)35-26(39)14-44(41,42)37-22-11-21-17(9-20(22)31)10-23(36-21)28(40)18-12-34-38(29(18)32)24-13-33-27(8-16(24)3)43-25-7-5-4-6-19(25)30/h4-13,15,36-37H,14,32H2,1-3H3,(H,35,39). The van der Waals surface area contributed by atoms with Crippen molar-refractivity contribution in [2.24, 2.45) is 0 Å². The van der Waals surface area contributed by atoms with Crippen LogP contribution < -0.4 is 20.5 Å². The van der Waals surface area contributed by atoms with Crippen LogP contribution in [-0.4, -0.2) is 51.7 Å². The summed E-state index contributed by atoms with van der Waals surface area (Å²) in [5.41, 5.74) is 7.31. The Morgan fingerprint density at radius 3 is 2.55 bits per heavy atom. The molecule has 228 valence electrons. The fourth-order valence-electron chi connectivity index (χ4n) is 4.40. The van der Waals surface area contributed by atoms with Crippen molar-refractivity contribution in [2.45, 2.75) is 26.8 Å². The monoisotopic (exact) mass is 623 g/mol. The van der Waals surface area contributed by atoms with Crippen LogP contribution in [0.15, 0.2) is 60.9 Å². The van der Waals surface area contributed by atoms with Gasteiger partial charge in [-0.2, -0.15) is 5.10 Å². The Balaban J connectivity index is 1.37. The number of ketones is 1. The number of amides is 1. The fourth-order valence-corrected chi connectivity index (χ4v) is 5.40. The second-order valence-electron chi connectivity index (χ2n) is 10.2.